The third kappa shape index (κ3) is 6.20. The molecule has 2 N–H and O–H groups in total. The van der Waals surface area contributed by atoms with Crippen molar-refractivity contribution in [2.75, 3.05) is 0 Å². The van der Waals surface area contributed by atoms with Crippen LogP contribution in [0.15, 0.2) is 24.3 Å². The highest BCUT2D eigenvalue weighted by Gasteiger charge is 2.23. The van der Waals surface area contributed by atoms with Crippen LogP contribution in [0.2, 0.25) is 0 Å². The molecule has 0 saturated heterocycles. The van der Waals surface area contributed by atoms with Gasteiger partial charge in [-0.15, -0.1) is 0 Å². The van der Waals surface area contributed by atoms with Gasteiger partial charge in [0, 0.05) is 5.54 Å². The first-order chi connectivity index (χ1) is 8.96. The van der Waals surface area contributed by atoms with Gasteiger partial charge in [-0.05, 0) is 43.4 Å². The Morgan fingerprint density at radius 1 is 1.32 bits per heavy atom. The van der Waals surface area contributed by atoms with E-state index in [1.165, 1.54) is 31.7 Å². The first kappa shape index (κ1) is 16.2. The predicted molar refractivity (Wildman–Crippen MR) is 80.6 cm³/mol. The van der Waals surface area contributed by atoms with Crippen molar-refractivity contribution in [2.45, 2.75) is 64.8 Å². The Morgan fingerprint density at radius 2 is 2.05 bits per heavy atom. The Hall–Kier alpha value is -0.890. The standard InChI is InChI=1S/C17H28FN/c1-4-6-8-14(5-2)12-17(3,19)13-15-9-7-10-16(18)11-15/h7,9-11,14H,4-6,8,12-13,19H2,1-3H3. The Bertz CT molecular complexity index is 373. The van der Waals surface area contributed by atoms with Crippen LogP contribution in [0.1, 0.15) is 58.4 Å². The van der Waals surface area contributed by atoms with Crippen LogP contribution in [-0.4, -0.2) is 5.54 Å². The summed E-state index contributed by atoms with van der Waals surface area (Å²) in [6.45, 7) is 6.55. The maximum absolute atomic E-state index is 13.2. The Balaban J connectivity index is 2.59. The van der Waals surface area contributed by atoms with Crippen molar-refractivity contribution in [2.24, 2.45) is 11.7 Å². The fourth-order valence-corrected chi connectivity index (χ4v) is 2.79. The summed E-state index contributed by atoms with van der Waals surface area (Å²) in [6.07, 6.45) is 6.70. The van der Waals surface area contributed by atoms with Crippen LogP contribution in [0.3, 0.4) is 0 Å². The van der Waals surface area contributed by atoms with Crippen molar-refractivity contribution in [3.63, 3.8) is 0 Å². The molecule has 1 rings (SSSR count). The largest absolute Gasteiger partial charge is 0.325 e. The average Bonchev–Trinajstić information content (AvgIpc) is 2.33. The number of nitrogens with two attached hydrogens (primary N) is 1. The second kappa shape index (κ2) is 7.64. The zero-order valence-electron chi connectivity index (χ0n) is 12.6. The van der Waals surface area contributed by atoms with Gasteiger partial charge in [0.2, 0.25) is 0 Å². The molecule has 19 heavy (non-hydrogen) atoms. The molecule has 0 bridgehead atoms. The van der Waals surface area contributed by atoms with E-state index in [0.29, 0.717) is 5.92 Å². The topological polar surface area (TPSA) is 26.0 Å². The highest BCUT2D eigenvalue weighted by molar-refractivity contribution is 5.18. The lowest BCUT2D eigenvalue weighted by molar-refractivity contribution is 0.309. The molecule has 0 aromatic heterocycles. The summed E-state index contributed by atoms with van der Waals surface area (Å²) in [4.78, 5) is 0. The van der Waals surface area contributed by atoms with E-state index in [1.807, 2.05) is 6.07 Å². The molecule has 2 atom stereocenters. The smallest absolute Gasteiger partial charge is 0.123 e. The van der Waals surface area contributed by atoms with Gasteiger partial charge in [-0.25, -0.2) is 4.39 Å². The van der Waals surface area contributed by atoms with Gasteiger partial charge in [0.15, 0.2) is 0 Å². The molecule has 0 radical (unpaired) electrons. The monoisotopic (exact) mass is 265 g/mol. The maximum Gasteiger partial charge on any atom is 0.123 e. The molecular formula is C17H28FN. The van der Waals surface area contributed by atoms with Gasteiger partial charge >= 0.3 is 0 Å². The minimum Gasteiger partial charge on any atom is -0.325 e. The molecule has 1 nitrogen and oxygen atoms in total. The zero-order chi connectivity index (χ0) is 14.3. The van der Waals surface area contributed by atoms with E-state index in [-0.39, 0.29) is 11.4 Å². The van der Waals surface area contributed by atoms with Crippen LogP contribution in [0.4, 0.5) is 4.39 Å². The van der Waals surface area contributed by atoms with Gasteiger partial charge in [-0.1, -0.05) is 51.7 Å². The molecule has 2 heteroatoms. The van der Waals surface area contributed by atoms with Crippen LogP contribution in [0, 0.1) is 11.7 Å². The molecule has 0 aliphatic rings. The SMILES string of the molecule is CCCCC(CC)CC(C)(N)Cc1cccc(F)c1. The summed E-state index contributed by atoms with van der Waals surface area (Å²) in [5.41, 5.74) is 7.17. The van der Waals surface area contributed by atoms with Crippen LogP contribution >= 0.6 is 0 Å². The molecule has 0 aliphatic heterocycles. The third-order valence-electron chi connectivity index (χ3n) is 3.80. The van der Waals surface area contributed by atoms with E-state index in [9.17, 15) is 4.39 Å². The Labute approximate surface area is 117 Å². The number of hydrogen-bond acceptors (Lipinski definition) is 1. The number of rotatable bonds is 8. The summed E-state index contributed by atoms with van der Waals surface area (Å²) < 4.78 is 13.2. The Morgan fingerprint density at radius 3 is 2.63 bits per heavy atom. The van der Waals surface area contributed by atoms with Gasteiger partial charge in [0.1, 0.15) is 5.82 Å². The quantitative estimate of drug-likeness (QED) is 0.725. The van der Waals surface area contributed by atoms with Crippen molar-refractivity contribution < 1.29 is 4.39 Å². The summed E-state index contributed by atoms with van der Waals surface area (Å²) in [5, 5.41) is 0. The van der Waals surface area contributed by atoms with E-state index in [2.05, 4.69) is 20.8 Å². The summed E-state index contributed by atoms with van der Waals surface area (Å²) in [6, 6.07) is 6.79. The summed E-state index contributed by atoms with van der Waals surface area (Å²) >= 11 is 0. The molecule has 0 heterocycles. The highest BCUT2D eigenvalue weighted by Crippen LogP contribution is 2.25. The maximum atomic E-state index is 13.2. The van der Waals surface area contributed by atoms with Gasteiger partial charge < -0.3 is 5.73 Å². The fraction of sp³-hybridized carbons (Fsp3) is 0.647. The minimum absolute atomic E-state index is 0.175. The number of hydrogen-bond donors (Lipinski definition) is 1. The lowest BCUT2D eigenvalue weighted by atomic mass is 9.81. The summed E-state index contributed by atoms with van der Waals surface area (Å²) in [5.74, 6) is 0.509. The number of unbranched alkanes of at least 4 members (excludes halogenated alkanes) is 1. The molecular weight excluding hydrogens is 237 g/mol. The van der Waals surface area contributed by atoms with E-state index >= 15 is 0 Å². The molecule has 1 aromatic rings. The van der Waals surface area contributed by atoms with Crippen LogP contribution < -0.4 is 5.73 Å². The van der Waals surface area contributed by atoms with Gasteiger partial charge in [-0.3, -0.25) is 0 Å². The normalized spacial score (nSPS) is 16.1. The minimum atomic E-state index is -0.248. The van der Waals surface area contributed by atoms with E-state index in [1.54, 1.807) is 12.1 Å². The van der Waals surface area contributed by atoms with Gasteiger partial charge in [0.25, 0.3) is 0 Å². The third-order valence-corrected chi connectivity index (χ3v) is 3.80. The van der Waals surface area contributed by atoms with E-state index < -0.39 is 0 Å². The molecule has 0 saturated carbocycles. The van der Waals surface area contributed by atoms with Crippen molar-refractivity contribution >= 4 is 0 Å². The molecule has 0 amide bonds. The van der Waals surface area contributed by atoms with Crippen molar-refractivity contribution in [1.29, 1.82) is 0 Å². The fourth-order valence-electron chi connectivity index (χ4n) is 2.79. The van der Waals surface area contributed by atoms with Gasteiger partial charge in [-0.2, -0.15) is 0 Å². The first-order valence-electron chi connectivity index (χ1n) is 7.50. The second-order valence-electron chi connectivity index (χ2n) is 6.08. The van der Waals surface area contributed by atoms with Crippen molar-refractivity contribution in [3.8, 4) is 0 Å². The molecule has 1 aromatic carbocycles. The molecule has 0 aliphatic carbocycles. The van der Waals surface area contributed by atoms with Crippen molar-refractivity contribution in [3.05, 3.63) is 35.6 Å². The average molecular weight is 265 g/mol. The molecule has 0 spiro atoms. The number of benzene rings is 1. The van der Waals surface area contributed by atoms with Crippen LogP contribution in [0.25, 0.3) is 0 Å². The van der Waals surface area contributed by atoms with Crippen LogP contribution in [0.5, 0.6) is 0 Å². The zero-order valence-corrected chi connectivity index (χ0v) is 12.6. The lowest BCUT2D eigenvalue weighted by Gasteiger charge is -2.29. The van der Waals surface area contributed by atoms with Crippen molar-refractivity contribution in [1.82, 2.24) is 0 Å². The van der Waals surface area contributed by atoms with E-state index in [0.717, 1.165) is 18.4 Å². The highest BCUT2D eigenvalue weighted by atomic mass is 19.1. The molecule has 108 valence electrons. The predicted octanol–water partition coefficient (Wildman–Crippen LogP) is 4.69. The number of halogens is 1. The van der Waals surface area contributed by atoms with E-state index in [4.69, 9.17) is 5.73 Å². The first-order valence-corrected chi connectivity index (χ1v) is 7.50. The second-order valence-corrected chi connectivity index (χ2v) is 6.08. The van der Waals surface area contributed by atoms with Gasteiger partial charge in [0.05, 0.1) is 0 Å². The van der Waals surface area contributed by atoms with Crippen LogP contribution in [-0.2, 0) is 6.42 Å². The lowest BCUT2D eigenvalue weighted by Crippen LogP contribution is -2.40. The molecule has 0 fully saturated rings. The Kier molecular flexibility index (Phi) is 6.50. The molecule has 2 unspecified atom stereocenters. The summed E-state index contributed by atoms with van der Waals surface area (Å²) in [7, 11) is 0.